The first kappa shape index (κ1) is 21.6. The molecule has 2 atom stereocenters. The number of allylic oxidation sites excluding steroid dienone is 2. The SMILES string of the molecule is COC(=O)c1ccc([C@@H]2CC(=O)NC3=C2C(=O)C[C@H](c2ccc(OC)c(OC)c2)C3)cc1. The summed E-state index contributed by atoms with van der Waals surface area (Å²) in [6, 6.07) is 12.5. The van der Waals surface area contributed by atoms with E-state index in [0.717, 1.165) is 11.1 Å². The largest absolute Gasteiger partial charge is 0.493 e. The lowest BCUT2D eigenvalue weighted by molar-refractivity contribution is -0.122. The molecule has 2 aliphatic rings. The van der Waals surface area contributed by atoms with Gasteiger partial charge in [0.1, 0.15) is 0 Å². The van der Waals surface area contributed by atoms with Crippen LogP contribution in [0.3, 0.4) is 0 Å². The van der Waals surface area contributed by atoms with E-state index in [1.807, 2.05) is 18.2 Å². The van der Waals surface area contributed by atoms with Crippen LogP contribution in [-0.2, 0) is 14.3 Å². The number of Topliss-reactive ketones (excluding diaryl/α,β-unsaturated/α-hetero) is 1. The van der Waals surface area contributed by atoms with Crippen molar-refractivity contribution >= 4 is 17.7 Å². The number of hydrogen-bond acceptors (Lipinski definition) is 6. The lowest BCUT2D eigenvalue weighted by Crippen LogP contribution is -2.38. The van der Waals surface area contributed by atoms with Crippen LogP contribution >= 0.6 is 0 Å². The van der Waals surface area contributed by atoms with Crippen LogP contribution in [0.5, 0.6) is 11.5 Å². The molecular formula is C25H25NO6. The summed E-state index contributed by atoms with van der Waals surface area (Å²) >= 11 is 0. The number of esters is 1. The molecule has 0 fully saturated rings. The Morgan fingerprint density at radius 2 is 1.56 bits per heavy atom. The summed E-state index contributed by atoms with van der Waals surface area (Å²) in [5.74, 6) is 0.309. The number of hydrogen-bond donors (Lipinski definition) is 1. The van der Waals surface area contributed by atoms with E-state index in [4.69, 9.17) is 14.2 Å². The molecule has 7 heteroatoms. The molecule has 1 aliphatic carbocycles. The van der Waals surface area contributed by atoms with Gasteiger partial charge in [-0.3, -0.25) is 9.59 Å². The molecule has 1 aliphatic heterocycles. The second-order valence-corrected chi connectivity index (χ2v) is 7.95. The van der Waals surface area contributed by atoms with E-state index in [-0.39, 0.29) is 29.9 Å². The summed E-state index contributed by atoms with van der Waals surface area (Å²) in [5.41, 5.74) is 3.56. The highest BCUT2D eigenvalue weighted by atomic mass is 16.5. The lowest BCUT2D eigenvalue weighted by Gasteiger charge is -2.34. The Labute approximate surface area is 186 Å². The molecule has 0 spiro atoms. The third kappa shape index (κ3) is 3.98. The van der Waals surface area contributed by atoms with Crippen molar-refractivity contribution in [2.24, 2.45) is 0 Å². The third-order valence-electron chi connectivity index (χ3n) is 6.15. The summed E-state index contributed by atoms with van der Waals surface area (Å²) in [6.07, 6.45) is 1.10. The Kier molecular flexibility index (Phi) is 5.99. The zero-order valence-corrected chi connectivity index (χ0v) is 18.3. The van der Waals surface area contributed by atoms with Gasteiger partial charge in [0.15, 0.2) is 17.3 Å². The number of amides is 1. The maximum absolute atomic E-state index is 13.3. The summed E-state index contributed by atoms with van der Waals surface area (Å²) < 4.78 is 15.5. The second-order valence-electron chi connectivity index (χ2n) is 7.95. The predicted molar refractivity (Wildman–Crippen MR) is 117 cm³/mol. The fourth-order valence-electron chi connectivity index (χ4n) is 4.56. The van der Waals surface area contributed by atoms with Crippen LogP contribution in [0.25, 0.3) is 0 Å². The number of methoxy groups -OCH3 is 3. The summed E-state index contributed by atoms with van der Waals surface area (Å²) in [5, 5.41) is 2.93. The third-order valence-corrected chi connectivity index (χ3v) is 6.15. The van der Waals surface area contributed by atoms with Crippen molar-refractivity contribution in [3.05, 3.63) is 70.4 Å². The molecule has 7 nitrogen and oxygen atoms in total. The van der Waals surface area contributed by atoms with Crippen LogP contribution in [0, 0.1) is 0 Å². The van der Waals surface area contributed by atoms with E-state index in [9.17, 15) is 14.4 Å². The predicted octanol–water partition coefficient (Wildman–Crippen LogP) is 3.49. The van der Waals surface area contributed by atoms with Crippen LogP contribution in [-0.4, -0.2) is 39.0 Å². The number of benzene rings is 2. The van der Waals surface area contributed by atoms with Crippen LogP contribution in [0.4, 0.5) is 0 Å². The average Bonchev–Trinajstić information content (AvgIpc) is 2.82. The topological polar surface area (TPSA) is 90.9 Å². The van der Waals surface area contributed by atoms with Gasteiger partial charge in [-0.25, -0.2) is 4.79 Å². The van der Waals surface area contributed by atoms with Gasteiger partial charge in [0.25, 0.3) is 0 Å². The van der Waals surface area contributed by atoms with Crippen molar-refractivity contribution < 1.29 is 28.6 Å². The van der Waals surface area contributed by atoms with Gasteiger partial charge >= 0.3 is 5.97 Å². The number of rotatable bonds is 5. The van der Waals surface area contributed by atoms with Crippen molar-refractivity contribution in [1.29, 1.82) is 0 Å². The number of ether oxygens (including phenoxy) is 3. The molecule has 1 heterocycles. The van der Waals surface area contributed by atoms with E-state index in [0.29, 0.717) is 41.2 Å². The highest BCUT2D eigenvalue weighted by molar-refractivity contribution is 6.02. The molecule has 2 aromatic rings. The van der Waals surface area contributed by atoms with Gasteiger partial charge in [-0.05, 0) is 47.7 Å². The minimum absolute atomic E-state index is 0.0214. The number of carbonyl (C=O) groups excluding carboxylic acids is 3. The first-order valence-electron chi connectivity index (χ1n) is 10.4. The number of carbonyl (C=O) groups is 3. The highest BCUT2D eigenvalue weighted by Gasteiger charge is 2.38. The average molecular weight is 435 g/mol. The van der Waals surface area contributed by atoms with E-state index >= 15 is 0 Å². The van der Waals surface area contributed by atoms with Gasteiger partial charge < -0.3 is 19.5 Å². The minimum atomic E-state index is -0.427. The Morgan fingerprint density at radius 3 is 2.22 bits per heavy atom. The minimum Gasteiger partial charge on any atom is -0.493 e. The monoisotopic (exact) mass is 435 g/mol. The van der Waals surface area contributed by atoms with Gasteiger partial charge in [0, 0.05) is 30.0 Å². The lowest BCUT2D eigenvalue weighted by atomic mass is 9.73. The molecule has 0 unspecified atom stereocenters. The molecule has 0 bridgehead atoms. The van der Waals surface area contributed by atoms with Crippen LogP contribution < -0.4 is 14.8 Å². The van der Waals surface area contributed by atoms with Crippen molar-refractivity contribution in [3.8, 4) is 11.5 Å². The molecule has 2 aromatic carbocycles. The van der Waals surface area contributed by atoms with Gasteiger partial charge in [0.2, 0.25) is 5.91 Å². The van der Waals surface area contributed by atoms with Gasteiger partial charge in [0.05, 0.1) is 26.9 Å². The zero-order chi connectivity index (χ0) is 22.8. The van der Waals surface area contributed by atoms with Gasteiger partial charge in [-0.15, -0.1) is 0 Å². The van der Waals surface area contributed by atoms with E-state index in [2.05, 4.69) is 5.32 Å². The molecule has 0 aromatic heterocycles. The molecule has 4 rings (SSSR count). The molecule has 166 valence electrons. The van der Waals surface area contributed by atoms with Gasteiger partial charge in [-0.1, -0.05) is 18.2 Å². The maximum Gasteiger partial charge on any atom is 0.337 e. The van der Waals surface area contributed by atoms with Crippen molar-refractivity contribution in [1.82, 2.24) is 5.32 Å². The van der Waals surface area contributed by atoms with E-state index in [1.54, 1.807) is 38.5 Å². The highest BCUT2D eigenvalue weighted by Crippen LogP contribution is 2.43. The number of ketones is 1. The summed E-state index contributed by atoms with van der Waals surface area (Å²) in [4.78, 5) is 37.5. The Hall–Kier alpha value is -3.61. The standard InChI is InChI=1S/C25H25NO6/c1-30-21-9-8-16(12-22(21)31-2)17-10-19-24(20(27)11-17)18(13-23(28)26-19)14-4-6-15(7-5-14)25(29)32-3/h4-9,12,17-18H,10-11,13H2,1-3H3,(H,26,28)/t17-,18+/m1/s1. The second kappa shape index (κ2) is 8.86. The normalized spacial score (nSPS) is 20.3. The molecule has 0 saturated heterocycles. The Balaban J connectivity index is 1.65. The van der Waals surface area contributed by atoms with Crippen molar-refractivity contribution in [2.45, 2.75) is 31.1 Å². The first-order chi connectivity index (χ1) is 15.4. The van der Waals surface area contributed by atoms with Crippen molar-refractivity contribution in [2.75, 3.05) is 21.3 Å². The first-order valence-corrected chi connectivity index (χ1v) is 10.4. The Bertz CT molecular complexity index is 1100. The quantitative estimate of drug-likeness (QED) is 0.723. The van der Waals surface area contributed by atoms with E-state index in [1.165, 1.54) is 7.11 Å². The molecule has 1 amide bonds. The smallest absolute Gasteiger partial charge is 0.337 e. The molecular weight excluding hydrogens is 410 g/mol. The van der Waals surface area contributed by atoms with Crippen LogP contribution in [0.15, 0.2) is 53.7 Å². The molecule has 32 heavy (non-hydrogen) atoms. The molecule has 0 radical (unpaired) electrons. The van der Waals surface area contributed by atoms with Crippen molar-refractivity contribution in [3.63, 3.8) is 0 Å². The maximum atomic E-state index is 13.3. The van der Waals surface area contributed by atoms with Crippen LogP contribution in [0.1, 0.15) is 52.6 Å². The number of nitrogens with one attached hydrogen (secondary N) is 1. The fraction of sp³-hybridized carbons (Fsp3) is 0.320. The summed E-state index contributed by atoms with van der Waals surface area (Å²) in [7, 11) is 4.48. The molecule has 0 saturated carbocycles. The van der Waals surface area contributed by atoms with Crippen LogP contribution in [0.2, 0.25) is 0 Å². The Morgan fingerprint density at radius 1 is 0.875 bits per heavy atom. The molecule has 1 N–H and O–H groups in total. The fourth-order valence-corrected chi connectivity index (χ4v) is 4.56. The zero-order valence-electron chi connectivity index (χ0n) is 18.3. The van der Waals surface area contributed by atoms with Gasteiger partial charge in [-0.2, -0.15) is 0 Å². The van der Waals surface area contributed by atoms with E-state index < -0.39 is 5.97 Å². The summed E-state index contributed by atoms with van der Waals surface area (Å²) in [6.45, 7) is 0.